The number of amides is 1. The highest BCUT2D eigenvalue weighted by atomic mass is 32.2. The van der Waals surface area contributed by atoms with Crippen molar-refractivity contribution in [2.45, 2.75) is 12.8 Å². The third-order valence-electron chi connectivity index (χ3n) is 4.03. The number of aryl methyl sites for hydroxylation is 1. The van der Waals surface area contributed by atoms with E-state index in [4.69, 9.17) is 4.74 Å². The van der Waals surface area contributed by atoms with Gasteiger partial charge in [0.15, 0.2) is 0 Å². The Kier molecular flexibility index (Phi) is 8.33. The van der Waals surface area contributed by atoms with Gasteiger partial charge in [-0.15, -0.1) is 0 Å². The van der Waals surface area contributed by atoms with Crippen molar-refractivity contribution in [3.05, 3.63) is 35.9 Å². The molecular weight excluding hydrogens is 342 g/mol. The monoisotopic (exact) mass is 369 g/mol. The number of carbonyl (C=O) groups excluding carboxylic acids is 1. The summed E-state index contributed by atoms with van der Waals surface area (Å²) < 4.78 is 31.5. The van der Waals surface area contributed by atoms with Gasteiger partial charge in [0.2, 0.25) is 15.9 Å². The number of morpholine rings is 1. The van der Waals surface area contributed by atoms with Crippen molar-refractivity contribution in [3.63, 3.8) is 0 Å². The third kappa shape index (κ3) is 8.44. The lowest BCUT2D eigenvalue weighted by Crippen LogP contribution is -2.43. The summed E-state index contributed by atoms with van der Waals surface area (Å²) in [5, 5.41) is 2.74. The van der Waals surface area contributed by atoms with E-state index in [-0.39, 0.29) is 18.2 Å². The summed E-state index contributed by atoms with van der Waals surface area (Å²) >= 11 is 0. The number of nitrogens with zero attached hydrogens (tertiary/aromatic N) is 1. The topological polar surface area (TPSA) is 87.7 Å². The molecule has 0 spiro atoms. The Balaban J connectivity index is 1.57. The smallest absolute Gasteiger partial charge is 0.235 e. The predicted octanol–water partition coefficient (Wildman–Crippen LogP) is -0.0130. The number of sulfonamides is 1. The van der Waals surface area contributed by atoms with Crippen molar-refractivity contribution in [1.82, 2.24) is 14.9 Å². The quantitative estimate of drug-likeness (QED) is 0.606. The van der Waals surface area contributed by atoms with Crippen molar-refractivity contribution in [2.75, 3.05) is 51.7 Å². The van der Waals surface area contributed by atoms with Crippen LogP contribution in [0.4, 0.5) is 0 Å². The Hall–Kier alpha value is -1.48. The minimum atomic E-state index is -3.43. The van der Waals surface area contributed by atoms with E-state index in [1.807, 2.05) is 30.3 Å². The summed E-state index contributed by atoms with van der Waals surface area (Å²) in [6, 6.07) is 9.75. The molecular formula is C17H27N3O4S. The molecule has 0 aliphatic carbocycles. The summed E-state index contributed by atoms with van der Waals surface area (Å²) in [6.07, 6.45) is 1.23. The second-order valence-corrected chi connectivity index (χ2v) is 7.96. The zero-order chi connectivity index (χ0) is 18.0. The highest BCUT2D eigenvalue weighted by Crippen LogP contribution is 2.03. The SMILES string of the molecule is O=C(CNS(=O)(=O)CCCc1ccccc1)NCCN1CCOCC1. The van der Waals surface area contributed by atoms with Gasteiger partial charge in [0.1, 0.15) is 0 Å². The maximum absolute atomic E-state index is 11.9. The Labute approximate surface area is 149 Å². The second-order valence-electron chi connectivity index (χ2n) is 6.03. The Morgan fingerprint density at radius 3 is 2.60 bits per heavy atom. The van der Waals surface area contributed by atoms with Gasteiger partial charge in [-0.25, -0.2) is 13.1 Å². The number of hydrogen-bond acceptors (Lipinski definition) is 5. The fourth-order valence-electron chi connectivity index (χ4n) is 2.60. The van der Waals surface area contributed by atoms with E-state index < -0.39 is 10.0 Å². The van der Waals surface area contributed by atoms with Crippen LogP contribution in [0, 0.1) is 0 Å². The van der Waals surface area contributed by atoms with Gasteiger partial charge in [0.25, 0.3) is 0 Å². The molecule has 0 atom stereocenters. The molecule has 1 amide bonds. The molecule has 1 aliphatic rings. The van der Waals surface area contributed by atoms with Gasteiger partial charge in [-0.2, -0.15) is 0 Å². The molecule has 0 saturated carbocycles. The molecule has 7 nitrogen and oxygen atoms in total. The molecule has 1 saturated heterocycles. The third-order valence-corrected chi connectivity index (χ3v) is 5.44. The summed E-state index contributed by atoms with van der Waals surface area (Å²) in [4.78, 5) is 14.0. The van der Waals surface area contributed by atoms with Crippen LogP contribution in [-0.2, 0) is 26.0 Å². The van der Waals surface area contributed by atoms with Crippen molar-refractivity contribution in [3.8, 4) is 0 Å². The summed E-state index contributed by atoms with van der Waals surface area (Å²) in [7, 11) is -3.43. The predicted molar refractivity (Wildman–Crippen MR) is 96.8 cm³/mol. The van der Waals surface area contributed by atoms with Gasteiger partial charge in [-0.05, 0) is 18.4 Å². The normalized spacial score (nSPS) is 15.8. The van der Waals surface area contributed by atoms with Crippen LogP contribution in [0.1, 0.15) is 12.0 Å². The molecule has 1 aliphatic heterocycles. The molecule has 8 heteroatoms. The van der Waals surface area contributed by atoms with Crippen LogP contribution in [0.25, 0.3) is 0 Å². The van der Waals surface area contributed by atoms with Crippen LogP contribution in [0.3, 0.4) is 0 Å². The Bertz CT molecular complexity index is 616. The molecule has 0 aromatic heterocycles. The van der Waals surface area contributed by atoms with Gasteiger partial charge >= 0.3 is 0 Å². The van der Waals surface area contributed by atoms with Crippen LogP contribution in [0.2, 0.25) is 0 Å². The fraction of sp³-hybridized carbons (Fsp3) is 0.588. The van der Waals surface area contributed by atoms with Crippen LogP contribution < -0.4 is 10.0 Å². The van der Waals surface area contributed by atoms with Gasteiger partial charge < -0.3 is 10.1 Å². The molecule has 2 rings (SSSR count). The van der Waals surface area contributed by atoms with Crippen molar-refractivity contribution < 1.29 is 17.9 Å². The maximum atomic E-state index is 11.9. The van der Waals surface area contributed by atoms with Crippen molar-refractivity contribution in [2.24, 2.45) is 0 Å². The average Bonchev–Trinajstić information content (AvgIpc) is 2.62. The Morgan fingerprint density at radius 1 is 1.16 bits per heavy atom. The van der Waals surface area contributed by atoms with E-state index in [9.17, 15) is 13.2 Å². The minimum absolute atomic E-state index is 0.0168. The molecule has 1 heterocycles. The van der Waals surface area contributed by atoms with Crippen molar-refractivity contribution in [1.29, 1.82) is 0 Å². The summed E-state index contributed by atoms with van der Waals surface area (Å²) in [6.45, 7) is 4.21. The van der Waals surface area contributed by atoms with E-state index in [0.717, 1.165) is 38.4 Å². The molecule has 2 N–H and O–H groups in total. The number of ether oxygens (including phenoxy) is 1. The maximum Gasteiger partial charge on any atom is 0.235 e. The highest BCUT2D eigenvalue weighted by molar-refractivity contribution is 7.89. The number of nitrogens with one attached hydrogen (secondary N) is 2. The molecule has 0 bridgehead atoms. The molecule has 140 valence electrons. The summed E-state index contributed by atoms with van der Waals surface area (Å²) in [5.41, 5.74) is 1.11. The van der Waals surface area contributed by atoms with Crippen LogP contribution >= 0.6 is 0 Å². The Morgan fingerprint density at radius 2 is 1.88 bits per heavy atom. The number of hydrogen-bond donors (Lipinski definition) is 2. The van der Waals surface area contributed by atoms with Crippen LogP contribution in [-0.4, -0.2) is 70.9 Å². The first-order valence-electron chi connectivity index (χ1n) is 8.63. The number of benzene rings is 1. The average molecular weight is 369 g/mol. The van der Waals surface area contributed by atoms with Gasteiger partial charge in [0, 0.05) is 26.2 Å². The zero-order valence-electron chi connectivity index (χ0n) is 14.4. The number of carbonyl (C=O) groups is 1. The summed E-state index contributed by atoms with van der Waals surface area (Å²) in [5.74, 6) is -0.289. The van der Waals surface area contributed by atoms with E-state index in [1.54, 1.807) is 0 Å². The van der Waals surface area contributed by atoms with Gasteiger partial charge in [0.05, 0.1) is 25.5 Å². The molecule has 0 unspecified atom stereocenters. The van der Waals surface area contributed by atoms with Crippen LogP contribution in [0.15, 0.2) is 30.3 Å². The molecule has 1 aromatic carbocycles. The van der Waals surface area contributed by atoms with Crippen molar-refractivity contribution >= 4 is 15.9 Å². The van der Waals surface area contributed by atoms with Gasteiger partial charge in [-0.1, -0.05) is 30.3 Å². The first-order valence-corrected chi connectivity index (χ1v) is 10.3. The first-order chi connectivity index (χ1) is 12.1. The highest BCUT2D eigenvalue weighted by Gasteiger charge is 2.13. The van der Waals surface area contributed by atoms with E-state index in [2.05, 4.69) is 14.9 Å². The van der Waals surface area contributed by atoms with Gasteiger partial charge in [-0.3, -0.25) is 9.69 Å². The van der Waals surface area contributed by atoms with E-state index >= 15 is 0 Å². The van der Waals surface area contributed by atoms with E-state index in [1.165, 1.54) is 0 Å². The second kappa shape index (κ2) is 10.5. The first kappa shape index (κ1) is 19.8. The lowest BCUT2D eigenvalue weighted by molar-refractivity contribution is -0.120. The zero-order valence-corrected chi connectivity index (χ0v) is 15.3. The lowest BCUT2D eigenvalue weighted by Gasteiger charge is -2.26. The number of rotatable bonds is 10. The minimum Gasteiger partial charge on any atom is -0.379 e. The van der Waals surface area contributed by atoms with E-state index in [0.29, 0.717) is 19.4 Å². The molecule has 1 aromatic rings. The fourth-order valence-corrected chi connectivity index (χ4v) is 3.62. The molecule has 0 radical (unpaired) electrons. The molecule has 25 heavy (non-hydrogen) atoms. The van der Waals surface area contributed by atoms with Crippen LogP contribution in [0.5, 0.6) is 0 Å². The largest absolute Gasteiger partial charge is 0.379 e. The lowest BCUT2D eigenvalue weighted by atomic mass is 10.1. The standard InChI is InChI=1S/C17H27N3O4S/c21-17(18-8-9-20-10-12-24-13-11-20)15-19-25(22,23)14-4-7-16-5-2-1-3-6-16/h1-3,5-6,19H,4,7-15H2,(H,18,21). The molecule has 1 fully saturated rings.